The SMILES string of the molecule is CC(C)c1cccc(NC(=O)Cn2cnc3ccc([N+](=O)[O-])cc3c2=O)c1. The molecule has 8 nitrogen and oxygen atoms in total. The molecule has 3 rings (SSSR count). The molecule has 1 N–H and O–H groups in total. The number of carbonyl (C=O) groups excluding carboxylic acids is 1. The highest BCUT2D eigenvalue weighted by molar-refractivity contribution is 5.91. The lowest BCUT2D eigenvalue weighted by Gasteiger charge is -2.10. The van der Waals surface area contributed by atoms with Crippen molar-refractivity contribution in [1.82, 2.24) is 9.55 Å². The van der Waals surface area contributed by atoms with Crippen molar-refractivity contribution in [2.45, 2.75) is 26.3 Å². The third-order valence-corrected chi connectivity index (χ3v) is 4.17. The van der Waals surface area contributed by atoms with E-state index in [1.165, 1.54) is 24.5 Å². The number of benzene rings is 2. The van der Waals surface area contributed by atoms with Crippen LogP contribution in [-0.2, 0) is 11.3 Å². The molecule has 138 valence electrons. The van der Waals surface area contributed by atoms with Crippen molar-refractivity contribution in [2.75, 3.05) is 5.32 Å². The maximum absolute atomic E-state index is 12.6. The number of carbonyl (C=O) groups is 1. The van der Waals surface area contributed by atoms with E-state index in [4.69, 9.17) is 0 Å². The van der Waals surface area contributed by atoms with Crippen LogP contribution in [0.25, 0.3) is 10.9 Å². The zero-order valence-electron chi connectivity index (χ0n) is 14.9. The Morgan fingerprint density at radius 3 is 2.74 bits per heavy atom. The first kappa shape index (κ1) is 18.2. The van der Waals surface area contributed by atoms with Crippen molar-refractivity contribution >= 4 is 28.2 Å². The van der Waals surface area contributed by atoms with Crippen LogP contribution in [0.3, 0.4) is 0 Å². The summed E-state index contributed by atoms with van der Waals surface area (Å²) in [6, 6.07) is 11.4. The average Bonchev–Trinajstić information content (AvgIpc) is 2.64. The zero-order valence-corrected chi connectivity index (χ0v) is 14.9. The van der Waals surface area contributed by atoms with Gasteiger partial charge in [0.25, 0.3) is 11.2 Å². The fourth-order valence-corrected chi connectivity index (χ4v) is 2.70. The summed E-state index contributed by atoms with van der Waals surface area (Å²) in [5.74, 6) is -0.0606. The third-order valence-electron chi connectivity index (χ3n) is 4.17. The van der Waals surface area contributed by atoms with E-state index >= 15 is 0 Å². The molecule has 0 atom stereocenters. The maximum Gasteiger partial charge on any atom is 0.270 e. The third kappa shape index (κ3) is 4.00. The van der Waals surface area contributed by atoms with Crippen LogP contribution in [0.15, 0.2) is 53.6 Å². The van der Waals surface area contributed by atoms with Gasteiger partial charge < -0.3 is 5.32 Å². The van der Waals surface area contributed by atoms with Crippen molar-refractivity contribution in [3.05, 3.63) is 74.8 Å². The monoisotopic (exact) mass is 366 g/mol. The normalized spacial score (nSPS) is 10.9. The number of rotatable bonds is 5. The Morgan fingerprint density at radius 2 is 2.04 bits per heavy atom. The zero-order chi connectivity index (χ0) is 19.6. The van der Waals surface area contributed by atoms with Crippen LogP contribution in [-0.4, -0.2) is 20.4 Å². The highest BCUT2D eigenvalue weighted by Gasteiger charge is 2.13. The lowest BCUT2D eigenvalue weighted by molar-refractivity contribution is -0.384. The number of nitrogens with zero attached hydrogens (tertiary/aromatic N) is 3. The highest BCUT2D eigenvalue weighted by Crippen LogP contribution is 2.19. The minimum Gasteiger partial charge on any atom is -0.325 e. The number of anilines is 1. The second-order valence-corrected chi connectivity index (χ2v) is 6.46. The van der Waals surface area contributed by atoms with Gasteiger partial charge in [-0.05, 0) is 29.7 Å². The van der Waals surface area contributed by atoms with Gasteiger partial charge in [-0.2, -0.15) is 0 Å². The van der Waals surface area contributed by atoms with Gasteiger partial charge in [0.15, 0.2) is 0 Å². The molecule has 2 aromatic carbocycles. The second-order valence-electron chi connectivity index (χ2n) is 6.46. The molecule has 0 aliphatic carbocycles. The quantitative estimate of drug-likeness (QED) is 0.551. The average molecular weight is 366 g/mol. The van der Waals surface area contributed by atoms with Crippen LogP contribution in [0.1, 0.15) is 25.3 Å². The molecule has 0 bridgehead atoms. The van der Waals surface area contributed by atoms with Crippen molar-refractivity contribution in [1.29, 1.82) is 0 Å². The van der Waals surface area contributed by atoms with E-state index in [2.05, 4.69) is 24.1 Å². The van der Waals surface area contributed by atoms with Gasteiger partial charge in [-0.15, -0.1) is 0 Å². The van der Waals surface area contributed by atoms with Crippen LogP contribution >= 0.6 is 0 Å². The highest BCUT2D eigenvalue weighted by atomic mass is 16.6. The van der Waals surface area contributed by atoms with Crippen molar-refractivity contribution in [3.8, 4) is 0 Å². The molecule has 0 aliphatic rings. The molecule has 1 aromatic heterocycles. The molecule has 0 radical (unpaired) electrons. The van der Waals surface area contributed by atoms with Crippen molar-refractivity contribution in [3.63, 3.8) is 0 Å². The number of nitro benzene ring substituents is 1. The molecule has 0 saturated heterocycles. The minimum absolute atomic E-state index is 0.0984. The van der Waals surface area contributed by atoms with Gasteiger partial charge in [0.05, 0.1) is 22.2 Å². The van der Waals surface area contributed by atoms with Gasteiger partial charge in [-0.25, -0.2) is 4.98 Å². The topological polar surface area (TPSA) is 107 Å². The van der Waals surface area contributed by atoms with Gasteiger partial charge in [0, 0.05) is 17.8 Å². The van der Waals surface area contributed by atoms with Gasteiger partial charge in [0.2, 0.25) is 5.91 Å². The van der Waals surface area contributed by atoms with Crippen LogP contribution < -0.4 is 10.9 Å². The predicted octanol–water partition coefficient (Wildman–Crippen LogP) is 3.07. The van der Waals surface area contributed by atoms with E-state index in [1.807, 2.05) is 18.2 Å². The summed E-state index contributed by atoms with van der Waals surface area (Å²) >= 11 is 0. The second kappa shape index (κ2) is 7.36. The number of fused-ring (bicyclic) bond motifs is 1. The van der Waals surface area contributed by atoms with E-state index in [1.54, 1.807) is 6.07 Å². The first-order valence-corrected chi connectivity index (χ1v) is 8.38. The smallest absolute Gasteiger partial charge is 0.270 e. The Bertz CT molecular complexity index is 1090. The van der Waals surface area contributed by atoms with Gasteiger partial charge in [-0.3, -0.25) is 24.3 Å². The molecule has 0 aliphatic heterocycles. The summed E-state index contributed by atoms with van der Waals surface area (Å²) in [4.78, 5) is 39.3. The van der Waals surface area contributed by atoms with Crippen LogP contribution in [0.2, 0.25) is 0 Å². The fraction of sp³-hybridized carbons (Fsp3) is 0.211. The standard InChI is InChI=1S/C19H18N4O4/c1-12(2)13-4-3-5-14(8-13)21-18(24)10-22-11-20-17-7-6-15(23(26)27)9-16(17)19(22)25/h3-9,11-12H,10H2,1-2H3,(H,21,24). The number of amides is 1. The Kier molecular flexibility index (Phi) is 4.98. The summed E-state index contributed by atoms with van der Waals surface area (Å²) in [7, 11) is 0. The molecule has 3 aromatic rings. The van der Waals surface area contributed by atoms with Gasteiger partial charge in [0.1, 0.15) is 6.54 Å². The maximum atomic E-state index is 12.6. The molecule has 1 amide bonds. The number of nitro groups is 1. The van der Waals surface area contributed by atoms with Crippen LogP contribution in [0.5, 0.6) is 0 Å². The largest absolute Gasteiger partial charge is 0.325 e. The summed E-state index contributed by atoms with van der Waals surface area (Å²) < 4.78 is 1.13. The molecule has 1 heterocycles. The summed E-state index contributed by atoms with van der Waals surface area (Å²) in [5.41, 5.74) is 1.36. The Morgan fingerprint density at radius 1 is 1.26 bits per heavy atom. The van der Waals surface area contributed by atoms with Gasteiger partial charge in [-0.1, -0.05) is 26.0 Å². The first-order chi connectivity index (χ1) is 12.8. The van der Waals surface area contributed by atoms with Gasteiger partial charge >= 0.3 is 0 Å². The fourth-order valence-electron chi connectivity index (χ4n) is 2.70. The van der Waals surface area contributed by atoms with E-state index < -0.39 is 10.5 Å². The molecular weight excluding hydrogens is 348 g/mol. The van der Waals surface area contributed by atoms with Crippen LogP contribution in [0.4, 0.5) is 11.4 Å². The van der Waals surface area contributed by atoms with E-state index in [0.29, 0.717) is 17.1 Å². The lowest BCUT2D eigenvalue weighted by atomic mass is 10.0. The number of nitrogens with one attached hydrogen (secondary N) is 1. The summed E-state index contributed by atoms with van der Waals surface area (Å²) in [5, 5.41) is 13.8. The Labute approximate surface area is 154 Å². The molecule has 0 unspecified atom stereocenters. The molecule has 0 fully saturated rings. The number of aromatic nitrogens is 2. The minimum atomic E-state index is -0.579. The van der Waals surface area contributed by atoms with Crippen molar-refractivity contribution < 1.29 is 9.72 Å². The van der Waals surface area contributed by atoms with E-state index in [9.17, 15) is 19.7 Å². The Hall–Kier alpha value is -3.55. The molecule has 27 heavy (non-hydrogen) atoms. The van der Waals surface area contributed by atoms with E-state index in [0.717, 1.165) is 10.1 Å². The number of non-ortho nitro benzene ring substituents is 1. The van der Waals surface area contributed by atoms with Crippen molar-refractivity contribution in [2.24, 2.45) is 0 Å². The Balaban J connectivity index is 1.84. The number of hydrogen-bond donors (Lipinski definition) is 1. The molecule has 0 saturated carbocycles. The number of hydrogen-bond acceptors (Lipinski definition) is 5. The first-order valence-electron chi connectivity index (χ1n) is 8.38. The lowest BCUT2D eigenvalue weighted by Crippen LogP contribution is -2.28. The molecule has 0 spiro atoms. The molecular formula is C19H18N4O4. The van der Waals surface area contributed by atoms with Crippen LogP contribution in [0, 0.1) is 10.1 Å². The predicted molar refractivity (Wildman–Crippen MR) is 102 cm³/mol. The van der Waals surface area contributed by atoms with E-state index in [-0.39, 0.29) is 23.5 Å². The molecule has 8 heteroatoms. The summed E-state index contributed by atoms with van der Waals surface area (Å²) in [6.45, 7) is 3.87. The summed E-state index contributed by atoms with van der Waals surface area (Å²) in [6.07, 6.45) is 1.26.